The van der Waals surface area contributed by atoms with Crippen molar-refractivity contribution in [3.8, 4) is 11.4 Å². The van der Waals surface area contributed by atoms with E-state index in [0.29, 0.717) is 17.0 Å². The number of carbonyl (C=O) groups excluding carboxylic acids is 2. The predicted octanol–water partition coefficient (Wildman–Crippen LogP) is 3.06. The van der Waals surface area contributed by atoms with Crippen LogP contribution in [0.3, 0.4) is 0 Å². The van der Waals surface area contributed by atoms with Gasteiger partial charge in [-0.05, 0) is 75.0 Å². The van der Waals surface area contributed by atoms with E-state index in [0.717, 1.165) is 54.0 Å². The maximum absolute atomic E-state index is 13.6. The van der Waals surface area contributed by atoms with Crippen LogP contribution in [-0.2, 0) is 6.54 Å². The third kappa shape index (κ3) is 5.49. The Morgan fingerprint density at radius 3 is 2.37 bits per heavy atom. The van der Waals surface area contributed by atoms with Gasteiger partial charge in [-0.2, -0.15) is 0 Å². The zero-order chi connectivity index (χ0) is 33.7. The molecule has 4 heterocycles. The maximum Gasteiger partial charge on any atom is 0.251 e. The standard InChI is InChI=1S/C38H35N7O3Si/c1-49(2)33-20-27(44-15-3-16-44)10-13-30(33)35(31-14-11-28(21-34(31)49)45-17-4-18-45)32-19-26(9-12-29(32)38(47)48)37(46)39-22-24-5-7-25(8-6-24)36-42-40-23-41-43-36/h5-14,19-21,23H,3-4,15-18,22H2,1-2H3,(H-,39,46,47,48). The molecule has 10 nitrogen and oxygen atoms in total. The molecule has 2 saturated heterocycles. The van der Waals surface area contributed by atoms with Gasteiger partial charge in [0.2, 0.25) is 5.82 Å². The Balaban J connectivity index is 1.18. The van der Waals surface area contributed by atoms with Crippen molar-refractivity contribution >= 4 is 42.1 Å². The second-order valence-electron chi connectivity index (χ2n) is 13.4. The van der Waals surface area contributed by atoms with Gasteiger partial charge in [-0.3, -0.25) is 4.79 Å². The average molecular weight is 666 g/mol. The SMILES string of the molecule is C[Si]1(C)C2=CC(=[N+]3CCC3)C=CC2=C(c2cc(C(=O)NCc3ccc(-c4nncnn4)cc3)ccc2C(=O)[O-])c2ccc(N3CCC3)cc21. The average Bonchev–Trinajstić information content (AvgIpc) is 3.07. The molecule has 1 amide bonds. The molecule has 3 aromatic carbocycles. The first-order valence-corrected chi connectivity index (χ1v) is 19.7. The lowest BCUT2D eigenvalue weighted by Crippen LogP contribution is -2.50. The molecular weight excluding hydrogens is 631 g/mol. The number of carboxylic acid groups (broad SMARTS) is 1. The molecule has 0 spiro atoms. The van der Waals surface area contributed by atoms with Gasteiger partial charge >= 0.3 is 0 Å². The molecule has 0 saturated carbocycles. The Kier molecular flexibility index (Phi) is 7.63. The normalized spacial score (nSPS) is 17.4. The topological polar surface area (TPSA) is 127 Å². The summed E-state index contributed by atoms with van der Waals surface area (Å²) >= 11 is 0. The number of hydrogen-bond acceptors (Lipinski definition) is 8. The summed E-state index contributed by atoms with van der Waals surface area (Å²) in [6, 6.07) is 18.9. The molecule has 1 aliphatic carbocycles. The molecular formula is C38H35N7O3Si. The van der Waals surface area contributed by atoms with Gasteiger partial charge in [-0.25, -0.2) is 4.58 Å². The molecule has 11 heteroatoms. The lowest BCUT2D eigenvalue weighted by molar-refractivity contribution is -0.582. The number of fused-ring (bicyclic) bond motifs is 2. The fraction of sp³-hybridized carbons (Fsp3) is 0.237. The molecule has 2 fully saturated rings. The molecule has 8 rings (SSSR count). The minimum Gasteiger partial charge on any atom is -0.545 e. The van der Waals surface area contributed by atoms with Gasteiger partial charge in [0, 0.05) is 54.2 Å². The number of nitrogens with one attached hydrogen (secondary N) is 1. The van der Waals surface area contributed by atoms with Crippen molar-refractivity contribution in [1.82, 2.24) is 25.7 Å². The largest absolute Gasteiger partial charge is 0.545 e. The van der Waals surface area contributed by atoms with Gasteiger partial charge in [0.15, 0.2) is 12.0 Å². The summed E-state index contributed by atoms with van der Waals surface area (Å²) in [5, 5.41) is 33.7. The smallest absolute Gasteiger partial charge is 0.251 e. The highest BCUT2D eigenvalue weighted by molar-refractivity contribution is 6.98. The summed E-state index contributed by atoms with van der Waals surface area (Å²) in [4.78, 5) is 28.7. The number of allylic oxidation sites excluding steroid dienone is 5. The van der Waals surface area contributed by atoms with Crippen LogP contribution in [0.5, 0.6) is 0 Å². The van der Waals surface area contributed by atoms with Crippen LogP contribution in [0.25, 0.3) is 17.0 Å². The highest BCUT2D eigenvalue weighted by Crippen LogP contribution is 2.43. The van der Waals surface area contributed by atoms with Crippen LogP contribution in [0.4, 0.5) is 5.69 Å². The van der Waals surface area contributed by atoms with E-state index in [1.165, 1.54) is 47.0 Å². The van der Waals surface area contributed by atoms with Crippen molar-refractivity contribution in [2.45, 2.75) is 32.5 Å². The second kappa shape index (κ2) is 12.2. The highest BCUT2D eigenvalue weighted by Gasteiger charge is 2.41. The van der Waals surface area contributed by atoms with Gasteiger partial charge in [-0.1, -0.05) is 49.5 Å². The van der Waals surface area contributed by atoms with E-state index >= 15 is 0 Å². The van der Waals surface area contributed by atoms with Crippen molar-refractivity contribution in [3.05, 3.63) is 124 Å². The Bertz CT molecular complexity index is 2140. The van der Waals surface area contributed by atoms with Gasteiger partial charge in [-0.15, -0.1) is 20.4 Å². The first-order valence-electron chi connectivity index (χ1n) is 16.7. The van der Waals surface area contributed by atoms with Gasteiger partial charge in [0.1, 0.15) is 21.2 Å². The van der Waals surface area contributed by atoms with E-state index in [1.54, 1.807) is 12.1 Å². The molecule has 3 aliphatic heterocycles. The van der Waals surface area contributed by atoms with Crippen LogP contribution in [0.2, 0.25) is 13.1 Å². The van der Waals surface area contributed by atoms with Crippen molar-refractivity contribution in [1.29, 1.82) is 0 Å². The van der Waals surface area contributed by atoms with E-state index < -0.39 is 14.0 Å². The van der Waals surface area contributed by atoms with Crippen LogP contribution in [0.15, 0.2) is 96.0 Å². The Morgan fingerprint density at radius 1 is 0.918 bits per heavy atom. The van der Waals surface area contributed by atoms with E-state index in [2.05, 4.69) is 84.7 Å². The number of carboxylic acids is 1. The summed E-state index contributed by atoms with van der Waals surface area (Å²) in [6.07, 6.45) is 10.3. The van der Waals surface area contributed by atoms with Crippen LogP contribution in [0.1, 0.15) is 50.2 Å². The molecule has 0 atom stereocenters. The molecule has 244 valence electrons. The summed E-state index contributed by atoms with van der Waals surface area (Å²) in [6.45, 7) is 9.22. The Hall–Kier alpha value is -5.55. The van der Waals surface area contributed by atoms with Crippen LogP contribution in [0, 0.1) is 0 Å². The zero-order valence-electron chi connectivity index (χ0n) is 27.4. The third-order valence-electron chi connectivity index (χ3n) is 10.2. The third-order valence-corrected chi connectivity index (χ3v) is 13.7. The monoisotopic (exact) mass is 665 g/mol. The molecule has 4 aromatic rings. The van der Waals surface area contributed by atoms with Crippen molar-refractivity contribution in [3.63, 3.8) is 0 Å². The maximum atomic E-state index is 13.6. The number of amides is 1. The molecule has 1 aromatic heterocycles. The molecule has 0 unspecified atom stereocenters. The number of benzene rings is 3. The van der Waals surface area contributed by atoms with Crippen molar-refractivity contribution < 1.29 is 19.3 Å². The van der Waals surface area contributed by atoms with E-state index in [9.17, 15) is 14.7 Å². The fourth-order valence-electron chi connectivity index (χ4n) is 7.10. The molecule has 0 radical (unpaired) electrons. The Labute approximate surface area is 285 Å². The van der Waals surface area contributed by atoms with E-state index in [-0.39, 0.29) is 18.0 Å². The zero-order valence-corrected chi connectivity index (χ0v) is 28.4. The number of hydrogen-bond donors (Lipinski definition) is 1. The summed E-state index contributed by atoms with van der Waals surface area (Å²) in [5.74, 6) is -1.16. The summed E-state index contributed by atoms with van der Waals surface area (Å²) in [5.41, 5.74) is 7.87. The quantitative estimate of drug-likeness (QED) is 0.236. The predicted molar refractivity (Wildman–Crippen MR) is 188 cm³/mol. The van der Waals surface area contributed by atoms with Crippen LogP contribution >= 0.6 is 0 Å². The second-order valence-corrected chi connectivity index (χ2v) is 17.8. The minimum absolute atomic E-state index is 0.0613. The summed E-state index contributed by atoms with van der Waals surface area (Å²) < 4.78 is 2.39. The number of nitrogens with zero attached hydrogens (tertiary/aromatic N) is 6. The number of rotatable bonds is 7. The molecule has 1 N–H and O–H groups in total. The molecule has 0 bridgehead atoms. The van der Waals surface area contributed by atoms with Gasteiger partial charge < -0.3 is 20.1 Å². The lowest BCUT2D eigenvalue weighted by atomic mass is 9.86. The van der Waals surface area contributed by atoms with E-state index in [1.807, 2.05) is 24.3 Å². The number of anilines is 1. The molecule has 4 aliphatic rings. The highest BCUT2D eigenvalue weighted by atomic mass is 28.3. The van der Waals surface area contributed by atoms with Gasteiger partial charge in [0.05, 0.1) is 12.4 Å². The first-order chi connectivity index (χ1) is 23.8. The summed E-state index contributed by atoms with van der Waals surface area (Å²) in [7, 11) is -2.23. The van der Waals surface area contributed by atoms with Crippen molar-refractivity contribution in [2.24, 2.45) is 0 Å². The van der Waals surface area contributed by atoms with E-state index in [4.69, 9.17) is 0 Å². The minimum atomic E-state index is -2.23. The lowest BCUT2D eigenvalue weighted by Gasteiger charge is -2.40. The van der Waals surface area contributed by atoms with Crippen molar-refractivity contribution in [2.75, 3.05) is 31.1 Å². The number of aromatic carboxylic acids is 1. The van der Waals surface area contributed by atoms with Crippen LogP contribution in [-0.4, -0.2) is 76.8 Å². The molecule has 49 heavy (non-hydrogen) atoms. The number of carbonyl (C=O) groups is 2. The Morgan fingerprint density at radius 2 is 1.69 bits per heavy atom. The number of aromatic nitrogens is 4. The first kappa shape index (κ1) is 30.8. The van der Waals surface area contributed by atoms with Crippen LogP contribution < -0.4 is 20.5 Å². The fourth-order valence-corrected chi connectivity index (χ4v) is 10.2. The van der Waals surface area contributed by atoms with Gasteiger partial charge in [0.25, 0.3) is 5.91 Å².